The maximum absolute atomic E-state index is 12.2. The molecule has 2 heterocycles. The summed E-state index contributed by atoms with van der Waals surface area (Å²) >= 11 is 0. The Morgan fingerprint density at radius 3 is 2.54 bits per heavy atom. The summed E-state index contributed by atoms with van der Waals surface area (Å²) in [7, 11) is 0. The minimum absolute atomic E-state index is 0.206. The minimum atomic E-state index is -0.487. The molecular weight excluding hydrogens is 308 g/mol. The summed E-state index contributed by atoms with van der Waals surface area (Å²) in [4.78, 5) is 22.7. The minimum Gasteiger partial charge on any atom is -0.444 e. The van der Waals surface area contributed by atoms with Gasteiger partial charge in [0.15, 0.2) is 0 Å². The van der Waals surface area contributed by atoms with Crippen LogP contribution in [0.1, 0.15) is 63.5 Å². The third-order valence-electron chi connectivity index (χ3n) is 4.01. The van der Waals surface area contributed by atoms with Crippen LogP contribution in [0.2, 0.25) is 0 Å². The number of hydrogen-bond acceptors (Lipinski definition) is 6. The SMILES string of the molecule is CC(=NO)c1cnc(C)nc1C1CCN(C(=O)OC(C)(C)C)CC1. The van der Waals surface area contributed by atoms with Crippen molar-refractivity contribution in [1.82, 2.24) is 14.9 Å². The molecule has 1 N–H and O–H groups in total. The van der Waals surface area contributed by atoms with Crippen molar-refractivity contribution in [2.45, 2.75) is 59.0 Å². The molecule has 132 valence electrons. The van der Waals surface area contributed by atoms with E-state index < -0.39 is 5.60 Å². The number of carbonyl (C=O) groups excluding carboxylic acids is 1. The highest BCUT2D eigenvalue weighted by molar-refractivity contribution is 5.99. The molecule has 7 heteroatoms. The number of nitrogens with zero attached hydrogens (tertiary/aromatic N) is 4. The number of aromatic nitrogens is 2. The Hall–Kier alpha value is -2.18. The summed E-state index contributed by atoms with van der Waals surface area (Å²) in [5, 5.41) is 12.3. The van der Waals surface area contributed by atoms with Crippen LogP contribution in [0.4, 0.5) is 4.79 Å². The largest absolute Gasteiger partial charge is 0.444 e. The second kappa shape index (κ2) is 7.15. The molecule has 0 aromatic carbocycles. The molecule has 1 aromatic heterocycles. The smallest absolute Gasteiger partial charge is 0.410 e. The highest BCUT2D eigenvalue weighted by Gasteiger charge is 2.29. The summed E-state index contributed by atoms with van der Waals surface area (Å²) in [6, 6.07) is 0. The number of oxime groups is 1. The second-order valence-corrected chi connectivity index (χ2v) is 7.14. The van der Waals surface area contributed by atoms with E-state index in [2.05, 4.69) is 15.1 Å². The Bertz CT molecular complexity index is 629. The van der Waals surface area contributed by atoms with Gasteiger partial charge < -0.3 is 14.8 Å². The fourth-order valence-corrected chi connectivity index (χ4v) is 2.79. The average Bonchev–Trinajstić information content (AvgIpc) is 2.52. The molecule has 1 aromatic rings. The molecule has 0 bridgehead atoms. The first-order valence-corrected chi connectivity index (χ1v) is 8.21. The Balaban J connectivity index is 2.10. The van der Waals surface area contributed by atoms with Gasteiger partial charge in [0, 0.05) is 30.8 Å². The lowest BCUT2D eigenvalue weighted by atomic mass is 9.90. The van der Waals surface area contributed by atoms with Crippen LogP contribution in [0.3, 0.4) is 0 Å². The molecular formula is C17H26N4O3. The molecule has 2 rings (SSSR count). The average molecular weight is 334 g/mol. The molecule has 0 atom stereocenters. The van der Waals surface area contributed by atoms with Crippen molar-refractivity contribution < 1.29 is 14.7 Å². The number of piperidine rings is 1. The number of amides is 1. The number of aryl methyl sites for hydroxylation is 1. The standard InChI is InChI=1S/C17H26N4O3/c1-11(20-23)14-10-18-12(2)19-15(14)13-6-8-21(9-7-13)16(22)24-17(3,4)5/h10,13,23H,6-9H2,1-5H3. The molecule has 1 saturated heterocycles. The summed E-state index contributed by atoms with van der Waals surface area (Å²) in [6.07, 6.45) is 3.02. The maximum atomic E-state index is 12.2. The van der Waals surface area contributed by atoms with E-state index in [0.29, 0.717) is 24.6 Å². The summed E-state index contributed by atoms with van der Waals surface area (Å²) < 4.78 is 5.43. The van der Waals surface area contributed by atoms with Crippen molar-refractivity contribution in [3.05, 3.63) is 23.3 Å². The van der Waals surface area contributed by atoms with E-state index in [0.717, 1.165) is 24.1 Å². The normalized spacial score (nSPS) is 17.0. The van der Waals surface area contributed by atoms with Crippen LogP contribution < -0.4 is 0 Å². The third kappa shape index (κ3) is 4.43. The molecule has 7 nitrogen and oxygen atoms in total. The molecule has 0 spiro atoms. The van der Waals surface area contributed by atoms with E-state index in [1.165, 1.54) is 0 Å². The monoisotopic (exact) mass is 334 g/mol. The van der Waals surface area contributed by atoms with Gasteiger partial charge in [-0.3, -0.25) is 0 Å². The lowest BCUT2D eigenvalue weighted by Crippen LogP contribution is -2.41. The van der Waals surface area contributed by atoms with E-state index >= 15 is 0 Å². The van der Waals surface area contributed by atoms with Gasteiger partial charge in [-0.25, -0.2) is 14.8 Å². The lowest BCUT2D eigenvalue weighted by molar-refractivity contribution is 0.0204. The highest BCUT2D eigenvalue weighted by atomic mass is 16.6. The van der Waals surface area contributed by atoms with Crippen molar-refractivity contribution >= 4 is 11.8 Å². The van der Waals surface area contributed by atoms with E-state index in [1.807, 2.05) is 27.7 Å². The van der Waals surface area contributed by atoms with Crippen molar-refractivity contribution in [2.75, 3.05) is 13.1 Å². The Morgan fingerprint density at radius 2 is 2.00 bits per heavy atom. The molecule has 0 unspecified atom stereocenters. The molecule has 1 aliphatic heterocycles. The van der Waals surface area contributed by atoms with Gasteiger partial charge in [-0.1, -0.05) is 5.16 Å². The number of rotatable bonds is 2. The van der Waals surface area contributed by atoms with Crippen molar-refractivity contribution in [2.24, 2.45) is 5.16 Å². The van der Waals surface area contributed by atoms with E-state index in [4.69, 9.17) is 9.94 Å². The van der Waals surface area contributed by atoms with E-state index in [9.17, 15) is 4.79 Å². The zero-order valence-electron chi connectivity index (χ0n) is 15.0. The Morgan fingerprint density at radius 1 is 1.38 bits per heavy atom. The number of hydrogen-bond donors (Lipinski definition) is 1. The van der Waals surface area contributed by atoms with Crippen LogP contribution in [-0.2, 0) is 4.74 Å². The van der Waals surface area contributed by atoms with E-state index in [-0.39, 0.29) is 12.0 Å². The fraction of sp³-hybridized carbons (Fsp3) is 0.647. The van der Waals surface area contributed by atoms with Gasteiger partial charge in [0.05, 0.1) is 11.4 Å². The first-order chi connectivity index (χ1) is 11.2. The third-order valence-corrected chi connectivity index (χ3v) is 4.01. The van der Waals surface area contributed by atoms with Gasteiger partial charge in [-0.05, 0) is 47.5 Å². The maximum Gasteiger partial charge on any atom is 0.410 e. The first-order valence-electron chi connectivity index (χ1n) is 8.21. The first kappa shape index (κ1) is 18.2. The predicted molar refractivity (Wildman–Crippen MR) is 90.5 cm³/mol. The summed E-state index contributed by atoms with van der Waals surface area (Å²) in [5.41, 5.74) is 1.67. The molecule has 1 amide bonds. The lowest BCUT2D eigenvalue weighted by Gasteiger charge is -2.33. The quantitative estimate of drug-likeness (QED) is 0.510. The van der Waals surface area contributed by atoms with Gasteiger partial charge in [-0.2, -0.15) is 0 Å². The van der Waals surface area contributed by atoms with Crippen molar-refractivity contribution in [3.63, 3.8) is 0 Å². The van der Waals surface area contributed by atoms with Gasteiger partial charge in [0.1, 0.15) is 11.4 Å². The van der Waals surface area contributed by atoms with Gasteiger partial charge in [0.2, 0.25) is 0 Å². The van der Waals surface area contributed by atoms with Crippen LogP contribution in [0.5, 0.6) is 0 Å². The predicted octanol–water partition coefficient (Wildman–Crippen LogP) is 3.10. The summed E-state index contributed by atoms with van der Waals surface area (Å²) in [6.45, 7) is 10.4. The molecule has 0 saturated carbocycles. The highest BCUT2D eigenvalue weighted by Crippen LogP contribution is 2.30. The number of carbonyl (C=O) groups is 1. The van der Waals surface area contributed by atoms with Gasteiger partial charge in [-0.15, -0.1) is 0 Å². The van der Waals surface area contributed by atoms with Gasteiger partial charge in [0.25, 0.3) is 0 Å². The fourth-order valence-electron chi connectivity index (χ4n) is 2.79. The molecule has 24 heavy (non-hydrogen) atoms. The molecule has 0 radical (unpaired) electrons. The number of ether oxygens (including phenoxy) is 1. The Kier molecular flexibility index (Phi) is 5.41. The molecule has 0 aliphatic carbocycles. The van der Waals surface area contributed by atoms with Crippen LogP contribution >= 0.6 is 0 Å². The zero-order chi connectivity index (χ0) is 17.9. The van der Waals surface area contributed by atoms with E-state index in [1.54, 1.807) is 18.0 Å². The molecule has 1 aliphatic rings. The van der Waals surface area contributed by atoms with Crippen molar-refractivity contribution in [1.29, 1.82) is 0 Å². The van der Waals surface area contributed by atoms with Crippen LogP contribution in [0, 0.1) is 6.92 Å². The van der Waals surface area contributed by atoms with Crippen LogP contribution in [0.25, 0.3) is 0 Å². The van der Waals surface area contributed by atoms with Crippen LogP contribution in [0.15, 0.2) is 11.4 Å². The topological polar surface area (TPSA) is 87.9 Å². The second-order valence-electron chi connectivity index (χ2n) is 7.14. The Labute approximate surface area is 142 Å². The zero-order valence-corrected chi connectivity index (χ0v) is 15.0. The summed E-state index contributed by atoms with van der Waals surface area (Å²) in [5.74, 6) is 0.895. The van der Waals surface area contributed by atoms with Gasteiger partial charge >= 0.3 is 6.09 Å². The van der Waals surface area contributed by atoms with Crippen molar-refractivity contribution in [3.8, 4) is 0 Å². The van der Waals surface area contributed by atoms with Crippen LogP contribution in [-0.4, -0.2) is 50.6 Å². The molecule has 1 fully saturated rings. The number of likely N-dealkylation sites (tertiary alicyclic amines) is 1.